The second-order valence-electron chi connectivity index (χ2n) is 5.27. The van der Waals surface area contributed by atoms with Gasteiger partial charge in [-0.1, -0.05) is 18.2 Å². The van der Waals surface area contributed by atoms with E-state index < -0.39 is 0 Å². The molecule has 0 saturated carbocycles. The zero-order valence-corrected chi connectivity index (χ0v) is 11.6. The van der Waals surface area contributed by atoms with Crippen molar-refractivity contribution in [2.75, 3.05) is 0 Å². The molecule has 106 valence electrons. The van der Waals surface area contributed by atoms with E-state index in [2.05, 4.69) is 20.1 Å². The van der Waals surface area contributed by atoms with E-state index in [1.54, 1.807) is 6.07 Å². The lowest BCUT2D eigenvalue weighted by Crippen LogP contribution is -2.23. The summed E-state index contributed by atoms with van der Waals surface area (Å²) in [6.45, 7) is 3.57. The van der Waals surface area contributed by atoms with Gasteiger partial charge in [-0.25, -0.2) is 4.39 Å². The highest BCUT2D eigenvalue weighted by Gasteiger charge is 2.16. The molecule has 2 aromatic rings. The van der Waals surface area contributed by atoms with Gasteiger partial charge in [-0.3, -0.25) is 0 Å². The number of aromatic nitrogens is 3. The smallest absolute Gasteiger partial charge is 0.147 e. The topological polar surface area (TPSA) is 42.7 Å². The SMILES string of the molecule is C[C@@H](NCc1nnc2n1CCCC2)c1ccccc1F. The van der Waals surface area contributed by atoms with Gasteiger partial charge in [0.05, 0.1) is 6.54 Å². The Labute approximate surface area is 118 Å². The molecule has 0 bridgehead atoms. The second kappa shape index (κ2) is 5.71. The number of nitrogens with one attached hydrogen (secondary N) is 1. The Morgan fingerprint density at radius 2 is 2.15 bits per heavy atom. The second-order valence-corrected chi connectivity index (χ2v) is 5.27. The fraction of sp³-hybridized carbons (Fsp3) is 0.467. The molecule has 1 aliphatic heterocycles. The quantitative estimate of drug-likeness (QED) is 0.932. The van der Waals surface area contributed by atoms with Crippen molar-refractivity contribution in [3.63, 3.8) is 0 Å². The number of hydrogen-bond donors (Lipinski definition) is 1. The Balaban J connectivity index is 1.68. The molecule has 0 radical (unpaired) electrons. The fourth-order valence-electron chi connectivity index (χ4n) is 2.68. The summed E-state index contributed by atoms with van der Waals surface area (Å²) in [4.78, 5) is 0. The van der Waals surface area contributed by atoms with Gasteiger partial charge in [0, 0.05) is 24.6 Å². The summed E-state index contributed by atoms with van der Waals surface area (Å²) in [7, 11) is 0. The third-order valence-corrected chi connectivity index (χ3v) is 3.87. The van der Waals surface area contributed by atoms with Gasteiger partial charge in [0.2, 0.25) is 0 Å². The average Bonchev–Trinajstić information content (AvgIpc) is 2.88. The molecule has 1 N–H and O–H groups in total. The standard InChI is InChI=1S/C15H19FN4/c1-11(12-6-2-3-7-13(12)16)17-10-15-19-18-14-8-4-5-9-20(14)15/h2-3,6-7,11,17H,4-5,8-10H2,1H3/t11-/m1/s1. The van der Waals surface area contributed by atoms with E-state index in [4.69, 9.17) is 0 Å². The minimum atomic E-state index is -0.171. The highest BCUT2D eigenvalue weighted by Crippen LogP contribution is 2.18. The molecule has 0 aliphatic carbocycles. The van der Waals surface area contributed by atoms with Crippen LogP contribution in [0.2, 0.25) is 0 Å². The molecule has 1 aliphatic rings. The van der Waals surface area contributed by atoms with Crippen molar-refractivity contribution in [3.05, 3.63) is 47.3 Å². The third-order valence-electron chi connectivity index (χ3n) is 3.87. The Bertz CT molecular complexity index is 593. The minimum absolute atomic E-state index is 0.0484. The van der Waals surface area contributed by atoms with Crippen molar-refractivity contribution in [3.8, 4) is 0 Å². The Morgan fingerprint density at radius 1 is 1.30 bits per heavy atom. The van der Waals surface area contributed by atoms with Crippen LogP contribution >= 0.6 is 0 Å². The van der Waals surface area contributed by atoms with Gasteiger partial charge in [-0.2, -0.15) is 0 Å². The van der Waals surface area contributed by atoms with Crippen molar-refractivity contribution >= 4 is 0 Å². The van der Waals surface area contributed by atoms with Crippen LogP contribution in [0.15, 0.2) is 24.3 Å². The monoisotopic (exact) mass is 274 g/mol. The number of hydrogen-bond acceptors (Lipinski definition) is 3. The Morgan fingerprint density at radius 3 is 3.00 bits per heavy atom. The van der Waals surface area contributed by atoms with Gasteiger partial charge in [0.15, 0.2) is 0 Å². The molecule has 0 unspecified atom stereocenters. The van der Waals surface area contributed by atoms with Crippen LogP contribution in [0.5, 0.6) is 0 Å². The summed E-state index contributed by atoms with van der Waals surface area (Å²) in [5.74, 6) is 1.85. The first-order chi connectivity index (χ1) is 9.75. The van der Waals surface area contributed by atoms with E-state index in [0.717, 1.165) is 24.6 Å². The molecule has 20 heavy (non-hydrogen) atoms. The molecule has 0 spiro atoms. The van der Waals surface area contributed by atoms with Crippen LogP contribution in [0.25, 0.3) is 0 Å². The summed E-state index contributed by atoms with van der Waals surface area (Å²) in [6.07, 6.45) is 3.38. The van der Waals surface area contributed by atoms with Gasteiger partial charge in [0.25, 0.3) is 0 Å². The Kier molecular flexibility index (Phi) is 3.78. The number of aryl methyl sites for hydroxylation is 1. The van der Waals surface area contributed by atoms with E-state index in [-0.39, 0.29) is 11.9 Å². The van der Waals surface area contributed by atoms with Crippen LogP contribution < -0.4 is 5.32 Å². The molecule has 0 amide bonds. The van der Waals surface area contributed by atoms with Crippen molar-refractivity contribution in [1.82, 2.24) is 20.1 Å². The summed E-state index contributed by atoms with van der Waals surface area (Å²) >= 11 is 0. The molecule has 1 atom stereocenters. The van der Waals surface area contributed by atoms with E-state index >= 15 is 0 Å². The zero-order valence-electron chi connectivity index (χ0n) is 11.6. The molecule has 0 saturated heterocycles. The van der Waals surface area contributed by atoms with E-state index in [0.29, 0.717) is 12.1 Å². The van der Waals surface area contributed by atoms with Crippen LogP contribution in [0.4, 0.5) is 4.39 Å². The van der Waals surface area contributed by atoms with E-state index in [9.17, 15) is 4.39 Å². The first kappa shape index (κ1) is 13.2. The Hall–Kier alpha value is -1.75. The van der Waals surface area contributed by atoms with Crippen molar-refractivity contribution in [1.29, 1.82) is 0 Å². The fourth-order valence-corrected chi connectivity index (χ4v) is 2.68. The lowest BCUT2D eigenvalue weighted by atomic mass is 10.1. The highest BCUT2D eigenvalue weighted by atomic mass is 19.1. The summed E-state index contributed by atoms with van der Waals surface area (Å²) in [6, 6.07) is 6.82. The third kappa shape index (κ3) is 2.58. The van der Waals surface area contributed by atoms with Gasteiger partial charge in [-0.15, -0.1) is 10.2 Å². The maximum absolute atomic E-state index is 13.7. The molecule has 0 fully saturated rings. The van der Waals surface area contributed by atoms with Crippen LogP contribution in [0, 0.1) is 5.82 Å². The molecular weight excluding hydrogens is 255 g/mol. The van der Waals surface area contributed by atoms with Crippen molar-refractivity contribution in [2.45, 2.75) is 45.3 Å². The summed E-state index contributed by atoms with van der Waals surface area (Å²) < 4.78 is 15.9. The summed E-state index contributed by atoms with van der Waals surface area (Å²) in [5.41, 5.74) is 0.686. The van der Waals surface area contributed by atoms with Crippen molar-refractivity contribution in [2.24, 2.45) is 0 Å². The van der Waals surface area contributed by atoms with Crippen molar-refractivity contribution < 1.29 is 4.39 Å². The average molecular weight is 274 g/mol. The maximum Gasteiger partial charge on any atom is 0.147 e. The lowest BCUT2D eigenvalue weighted by molar-refractivity contribution is 0.476. The molecule has 5 heteroatoms. The van der Waals surface area contributed by atoms with Crippen LogP contribution in [-0.2, 0) is 19.5 Å². The molecule has 4 nitrogen and oxygen atoms in total. The maximum atomic E-state index is 13.7. The van der Waals surface area contributed by atoms with Crippen LogP contribution in [0.3, 0.4) is 0 Å². The normalized spacial score (nSPS) is 15.9. The molecule has 1 aromatic heterocycles. The summed E-state index contributed by atoms with van der Waals surface area (Å²) in [5, 5.41) is 11.8. The van der Waals surface area contributed by atoms with Gasteiger partial charge < -0.3 is 9.88 Å². The first-order valence-corrected chi connectivity index (χ1v) is 7.14. The van der Waals surface area contributed by atoms with E-state index in [1.165, 1.54) is 18.9 Å². The highest BCUT2D eigenvalue weighted by molar-refractivity contribution is 5.20. The molecule has 1 aromatic carbocycles. The number of fused-ring (bicyclic) bond motifs is 1. The minimum Gasteiger partial charge on any atom is -0.314 e. The lowest BCUT2D eigenvalue weighted by Gasteiger charge is -2.17. The van der Waals surface area contributed by atoms with E-state index in [1.807, 2.05) is 19.1 Å². The number of benzene rings is 1. The van der Waals surface area contributed by atoms with Gasteiger partial charge >= 0.3 is 0 Å². The first-order valence-electron chi connectivity index (χ1n) is 7.14. The largest absolute Gasteiger partial charge is 0.314 e. The zero-order chi connectivity index (χ0) is 13.9. The number of nitrogens with zero attached hydrogens (tertiary/aromatic N) is 3. The number of rotatable bonds is 4. The molecule has 3 rings (SSSR count). The van der Waals surface area contributed by atoms with Crippen LogP contribution in [0.1, 0.15) is 43.0 Å². The van der Waals surface area contributed by atoms with Crippen LogP contribution in [-0.4, -0.2) is 14.8 Å². The predicted molar refractivity (Wildman–Crippen MR) is 74.6 cm³/mol. The van der Waals surface area contributed by atoms with Gasteiger partial charge in [-0.05, 0) is 25.8 Å². The molecule has 2 heterocycles. The predicted octanol–water partition coefficient (Wildman–Crippen LogP) is 2.60. The number of halogens is 1. The van der Waals surface area contributed by atoms with Gasteiger partial charge in [0.1, 0.15) is 17.5 Å². The molecular formula is C15H19FN4.